The zero-order chi connectivity index (χ0) is 39.1. The van der Waals surface area contributed by atoms with Crippen molar-refractivity contribution in [2.75, 3.05) is 10.6 Å². The van der Waals surface area contributed by atoms with E-state index in [0.717, 1.165) is 34.7 Å². The molecule has 282 valence electrons. The Labute approximate surface area is 307 Å². The van der Waals surface area contributed by atoms with Crippen molar-refractivity contribution in [2.24, 2.45) is 0 Å². The Bertz CT molecular complexity index is 1770. The highest BCUT2D eigenvalue weighted by molar-refractivity contribution is 5.97. The molecule has 2 atom stereocenters. The monoisotopic (exact) mass is 750 g/mol. The van der Waals surface area contributed by atoms with Gasteiger partial charge in [0.15, 0.2) is 0 Å². The number of halogens is 6. The maximum atomic E-state index is 13.1. The molecule has 0 saturated carbocycles. The summed E-state index contributed by atoms with van der Waals surface area (Å²) in [5.74, 6) is -5.13. The van der Waals surface area contributed by atoms with Gasteiger partial charge in [-0.05, 0) is 59.4 Å². The van der Waals surface area contributed by atoms with E-state index in [0.29, 0.717) is 36.4 Å². The first-order valence-electron chi connectivity index (χ1n) is 16.6. The molecule has 54 heavy (non-hydrogen) atoms. The molecule has 0 bridgehead atoms. The van der Waals surface area contributed by atoms with Crippen molar-refractivity contribution in [3.05, 3.63) is 156 Å². The van der Waals surface area contributed by atoms with Crippen LogP contribution in [0.3, 0.4) is 0 Å². The Morgan fingerprint density at radius 3 is 1.13 bits per heavy atom. The van der Waals surface area contributed by atoms with Crippen LogP contribution in [0.25, 0.3) is 0 Å². The third-order valence-corrected chi connectivity index (χ3v) is 7.97. The number of hydrogen-bond acceptors (Lipinski definition) is 6. The minimum absolute atomic E-state index is 0.147. The molecule has 8 nitrogen and oxygen atoms in total. The summed E-state index contributed by atoms with van der Waals surface area (Å²) >= 11 is 0. The third kappa shape index (κ3) is 13.4. The van der Waals surface area contributed by atoms with E-state index in [-0.39, 0.29) is 12.8 Å². The molecule has 0 aliphatic rings. The molecule has 4 N–H and O–H groups in total. The molecule has 0 aliphatic heterocycles. The van der Waals surface area contributed by atoms with Gasteiger partial charge in [0.2, 0.25) is 11.8 Å². The maximum Gasteiger partial charge on any atom is 0.454 e. The number of rotatable bonds is 17. The van der Waals surface area contributed by atoms with Gasteiger partial charge in [0.1, 0.15) is 12.1 Å². The molecule has 2 unspecified atom stereocenters. The van der Waals surface area contributed by atoms with Crippen LogP contribution in [0.15, 0.2) is 134 Å². The number of aryl methyl sites for hydroxylation is 2. The normalized spacial score (nSPS) is 12.9. The number of hydrogen-bond donors (Lipinski definition) is 4. The van der Waals surface area contributed by atoms with Crippen LogP contribution in [0, 0.1) is 0 Å². The lowest BCUT2D eigenvalue weighted by Crippen LogP contribution is -2.39. The smallest absolute Gasteiger partial charge is 0.379 e. The standard InChI is InChI=1S/C40H36F6N4O4/c41-39(42,43)35(51)21-23-47-33(25-29-7-3-1-4-8-29)37(53)49-31-17-13-27(14-18-31)11-12-28-15-19-32(20-16-28)50-38(54)34(26-30-9-5-2-6-10-30)48-24-22-36(52)40(44,45)46/h1-10,13-24,33-34,47-48H,11-12,25-26H2,(H,49,53)(H,50,54). The molecule has 0 radical (unpaired) electrons. The lowest BCUT2D eigenvalue weighted by molar-refractivity contribution is -0.165. The number of carbonyl (C=O) groups excluding carboxylic acids is 4. The Hall–Kier alpha value is -6.18. The van der Waals surface area contributed by atoms with E-state index in [2.05, 4.69) is 21.3 Å². The average Bonchev–Trinajstić information content (AvgIpc) is 3.14. The number of carbonyl (C=O) groups is 4. The number of allylic oxidation sites excluding steroid dienone is 2. The van der Waals surface area contributed by atoms with E-state index in [1.54, 1.807) is 84.9 Å². The van der Waals surface area contributed by atoms with Crippen LogP contribution < -0.4 is 21.3 Å². The van der Waals surface area contributed by atoms with Gasteiger partial charge < -0.3 is 21.3 Å². The largest absolute Gasteiger partial charge is 0.454 e. The molecular weight excluding hydrogens is 714 g/mol. The van der Waals surface area contributed by atoms with Crippen LogP contribution in [-0.2, 0) is 44.9 Å². The van der Waals surface area contributed by atoms with Gasteiger partial charge in [-0.25, -0.2) is 0 Å². The minimum Gasteiger partial charge on any atom is -0.379 e. The number of amides is 2. The van der Waals surface area contributed by atoms with E-state index >= 15 is 0 Å². The first-order chi connectivity index (χ1) is 25.7. The Morgan fingerprint density at radius 2 is 0.815 bits per heavy atom. The second-order valence-electron chi connectivity index (χ2n) is 12.1. The number of benzene rings is 4. The predicted molar refractivity (Wildman–Crippen MR) is 192 cm³/mol. The first kappa shape index (κ1) is 40.6. The summed E-state index contributed by atoms with van der Waals surface area (Å²) in [4.78, 5) is 48.7. The second-order valence-corrected chi connectivity index (χ2v) is 12.1. The molecule has 0 fully saturated rings. The average molecular weight is 751 g/mol. The van der Waals surface area contributed by atoms with Gasteiger partial charge >= 0.3 is 12.4 Å². The summed E-state index contributed by atoms with van der Waals surface area (Å²) in [5.41, 5.74) is 4.33. The van der Waals surface area contributed by atoms with Crippen LogP contribution in [-0.4, -0.2) is 47.8 Å². The van der Waals surface area contributed by atoms with Crippen molar-refractivity contribution >= 4 is 34.8 Å². The molecule has 0 heterocycles. The Kier molecular flexibility index (Phi) is 14.3. The summed E-state index contributed by atoms with van der Waals surface area (Å²) < 4.78 is 75.6. The van der Waals surface area contributed by atoms with Crippen molar-refractivity contribution in [1.82, 2.24) is 10.6 Å². The lowest BCUT2D eigenvalue weighted by Gasteiger charge is -2.18. The zero-order valence-electron chi connectivity index (χ0n) is 28.6. The molecule has 0 spiro atoms. The van der Waals surface area contributed by atoms with E-state index in [1.807, 2.05) is 24.3 Å². The van der Waals surface area contributed by atoms with Crippen LogP contribution in [0.2, 0.25) is 0 Å². The topological polar surface area (TPSA) is 116 Å². The zero-order valence-corrected chi connectivity index (χ0v) is 28.6. The molecule has 0 aliphatic carbocycles. The number of nitrogens with one attached hydrogen (secondary N) is 4. The molecule has 4 aromatic rings. The first-order valence-corrected chi connectivity index (χ1v) is 16.6. The fraction of sp³-hybridized carbons (Fsp3) is 0.200. The summed E-state index contributed by atoms with van der Waals surface area (Å²) in [6, 6.07) is 29.8. The highest BCUT2D eigenvalue weighted by Gasteiger charge is 2.37. The van der Waals surface area contributed by atoms with Gasteiger partial charge in [0.25, 0.3) is 11.6 Å². The molecule has 2 amide bonds. The van der Waals surface area contributed by atoms with E-state index in [1.165, 1.54) is 0 Å². The minimum atomic E-state index is -5.03. The van der Waals surface area contributed by atoms with Crippen molar-refractivity contribution in [1.29, 1.82) is 0 Å². The molecule has 4 aromatic carbocycles. The fourth-order valence-corrected chi connectivity index (χ4v) is 5.08. The van der Waals surface area contributed by atoms with Gasteiger partial charge in [-0.15, -0.1) is 0 Å². The van der Waals surface area contributed by atoms with Gasteiger partial charge in [0.05, 0.1) is 0 Å². The highest BCUT2D eigenvalue weighted by atomic mass is 19.4. The number of ketones is 2. The van der Waals surface area contributed by atoms with Crippen molar-refractivity contribution in [2.45, 2.75) is 50.1 Å². The Morgan fingerprint density at radius 1 is 0.481 bits per heavy atom. The molecule has 14 heteroatoms. The summed E-state index contributed by atoms with van der Waals surface area (Å²) in [6.45, 7) is 0. The second kappa shape index (κ2) is 19.1. The SMILES string of the molecule is O=C(Nc1ccc(CCc2ccc(NC(=O)C(Cc3ccccc3)NC=CC(=O)C(F)(F)F)cc2)cc1)C(Cc1ccccc1)NC=CC(=O)C(F)(F)F. The van der Waals surface area contributed by atoms with Gasteiger partial charge in [0, 0.05) is 48.8 Å². The molecule has 0 saturated heterocycles. The summed E-state index contributed by atoms with van der Waals surface area (Å²) in [6.07, 6.45) is -6.19. The molecule has 4 rings (SSSR count). The lowest BCUT2D eigenvalue weighted by atomic mass is 10.0. The van der Waals surface area contributed by atoms with E-state index in [4.69, 9.17) is 0 Å². The van der Waals surface area contributed by atoms with E-state index in [9.17, 15) is 45.5 Å². The number of anilines is 2. The van der Waals surface area contributed by atoms with Crippen LogP contribution in [0.4, 0.5) is 37.7 Å². The van der Waals surface area contributed by atoms with Crippen LogP contribution in [0.1, 0.15) is 22.3 Å². The highest BCUT2D eigenvalue weighted by Crippen LogP contribution is 2.19. The number of alkyl halides is 6. The molecule has 0 aromatic heterocycles. The van der Waals surface area contributed by atoms with Gasteiger partial charge in [-0.2, -0.15) is 26.3 Å². The maximum absolute atomic E-state index is 13.1. The van der Waals surface area contributed by atoms with E-state index < -0.39 is 47.8 Å². The van der Waals surface area contributed by atoms with Crippen LogP contribution in [0.5, 0.6) is 0 Å². The Balaban J connectivity index is 1.32. The van der Waals surface area contributed by atoms with Crippen molar-refractivity contribution in [3.8, 4) is 0 Å². The van der Waals surface area contributed by atoms with Gasteiger partial charge in [-0.3, -0.25) is 19.2 Å². The van der Waals surface area contributed by atoms with Crippen LogP contribution >= 0.6 is 0 Å². The molecular formula is C40H36F6N4O4. The van der Waals surface area contributed by atoms with Crippen molar-refractivity contribution < 1.29 is 45.5 Å². The van der Waals surface area contributed by atoms with Crippen molar-refractivity contribution in [3.63, 3.8) is 0 Å². The quantitative estimate of drug-likeness (QED) is 0.0680. The van der Waals surface area contributed by atoms with Gasteiger partial charge in [-0.1, -0.05) is 84.9 Å². The summed E-state index contributed by atoms with van der Waals surface area (Å²) in [7, 11) is 0. The predicted octanol–water partition coefficient (Wildman–Crippen LogP) is 7.04. The third-order valence-electron chi connectivity index (χ3n) is 7.97. The fourth-order valence-electron chi connectivity index (χ4n) is 5.08. The summed E-state index contributed by atoms with van der Waals surface area (Å²) in [5, 5.41) is 10.7.